The largest absolute Gasteiger partial charge is 0.494 e. The highest BCUT2D eigenvalue weighted by Gasteiger charge is 2.30. The van der Waals surface area contributed by atoms with Crippen molar-refractivity contribution in [2.75, 3.05) is 6.61 Å². The molecule has 4 nitrogen and oxygen atoms in total. The van der Waals surface area contributed by atoms with Crippen LogP contribution >= 0.6 is 0 Å². The van der Waals surface area contributed by atoms with E-state index in [0.717, 1.165) is 42.7 Å². The first-order valence-corrected chi connectivity index (χ1v) is 11.0. The Labute approximate surface area is 191 Å². The molecule has 0 aliphatic heterocycles. The van der Waals surface area contributed by atoms with Crippen LogP contribution in [0.3, 0.4) is 0 Å². The number of carboxylic acid groups (broad SMARTS) is 1. The van der Waals surface area contributed by atoms with Crippen molar-refractivity contribution in [1.29, 1.82) is 0 Å². The lowest BCUT2D eigenvalue weighted by atomic mass is 10.1. The minimum absolute atomic E-state index is 0.0558. The third-order valence-corrected chi connectivity index (χ3v) is 5.26. The highest BCUT2D eigenvalue weighted by Crippen LogP contribution is 2.33. The van der Waals surface area contributed by atoms with E-state index in [1.165, 1.54) is 12.1 Å². The summed E-state index contributed by atoms with van der Waals surface area (Å²) in [5.41, 5.74) is 1.63. The van der Waals surface area contributed by atoms with Crippen molar-refractivity contribution < 1.29 is 32.2 Å². The molecule has 3 aromatic rings. The average Bonchev–Trinajstić information content (AvgIpc) is 3.17. The van der Waals surface area contributed by atoms with Crippen LogP contribution in [0.1, 0.15) is 48.6 Å². The molecule has 0 saturated carbocycles. The zero-order chi connectivity index (χ0) is 23.8. The maximum absolute atomic E-state index is 12.8. The second-order valence-corrected chi connectivity index (χ2v) is 7.91. The number of rotatable bonds is 11. The lowest BCUT2D eigenvalue weighted by molar-refractivity contribution is -0.138. The molecule has 7 heteroatoms. The van der Waals surface area contributed by atoms with E-state index in [1.54, 1.807) is 24.3 Å². The molecule has 0 fully saturated rings. The normalized spacial score (nSPS) is 11.5. The number of hydrogen-bond donors (Lipinski definition) is 1. The van der Waals surface area contributed by atoms with Crippen LogP contribution in [0.5, 0.6) is 5.75 Å². The topological polar surface area (TPSA) is 59.7 Å². The third kappa shape index (κ3) is 7.14. The van der Waals surface area contributed by atoms with E-state index in [0.29, 0.717) is 42.1 Å². The van der Waals surface area contributed by atoms with E-state index in [1.807, 2.05) is 6.07 Å². The van der Waals surface area contributed by atoms with E-state index in [4.69, 9.17) is 14.3 Å². The first-order valence-electron chi connectivity index (χ1n) is 11.0. The number of aliphatic carboxylic acids is 1. The first-order chi connectivity index (χ1) is 15.8. The van der Waals surface area contributed by atoms with E-state index in [9.17, 15) is 18.0 Å². The molecule has 0 aliphatic rings. The number of hydrogen-bond acceptors (Lipinski definition) is 3. The van der Waals surface area contributed by atoms with Crippen molar-refractivity contribution in [2.45, 2.75) is 51.6 Å². The Morgan fingerprint density at radius 2 is 1.79 bits per heavy atom. The second kappa shape index (κ2) is 11.1. The summed E-state index contributed by atoms with van der Waals surface area (Å²) in [6, 6.07) is 13.9. The van der Waals surface area contributed by atoms with Gasteiger partial charge in [-0.1, -0.05) is 37.6 Å². The summed E-state index contributed by atoms with van der Waals surface area (Å²) in [6.45, 7) is 2.54. The van der Waals surface area contributed by atoms with E-state index in [2.05, 4.69) is 6.92 Å². The number of unbranched alkanes of at least 4 members (excludes halogenated alkanes) is 1. The maximum atomic E-state index is 12.8. The average molecular weight is 460 g/mol. The smallest absolute Gasteiger partial charge is 0.416 e. The van der Waals surface area contributed by atoms with Crippen LogP contribution in [0.2, 0.25) is 0 Å². The summed E-state index contributed by atoms with van der Waals surface area (Å²) in [5, 5.41) is 8.92. The molecule has 2 aromatic carbocycles. The number of carboxylic acids is 1. The van der Waals surface area contributed by atoms with Gasteiger partial charge >= 0.3 is 12.1 Å². The Hall–Kier alpha value is -3.22. The minimum Gasteiger partial charge on any atom is -0.494 e. The van der Waals surface area contributed by atoms with Gasteiger partial charge in [-0.15, -0.1) is 0 Å². The summed E-state index contributed by atoms with van der Waals surface area (Å²) in [7, 11) is 0. The number of alkyl halides is 3. The fourth-order valence-corrected chi connectivity index (χ4v) is 3.57. The van der Waals surface area contributed by atoms with Crippen molar-refractivity contribution in [1.82, 2.24) is 0 Å². The van der Waals surface area contributed by atoms with Crippen LogP contribution in [0.4, 0.5) is 13.2 Å². The van der Waals surface area contributed by atoms with E-state index >= 15 is 0 Å². The molecule has 0 spiro atoms. The molecule has 3 rings (SSSR count). The Morgan fingerprint density at radius 1 is 1.03 bits per heavy atom. The number of furan rings is 1. The SMILES string of the molecule is CCCCc1oc(-c2ccc(C(F)(F)F)cc2)cc1CCCOc1cccc(CC(=O)O)c1. The van der Waals surface area contributed by atoms with Gasteiger partial charge in [0.1, 0.15) is 17.3 Å². The lowest BCUT2D eigenvalue weighted by Crippen LogP contribution is -2.03. The Morgan fingerprint density at radius 3 is 2.45 bits per heavy atom. The minimum atomic E-state index is -4.37. The summed E-state index contributed by atoms with van der Waals surface area (Å²) in [6.07, 6.45) is -0.270. The maximum Gasteiger partial charge on any atom is 0.416 e. The van der Waals surface area contributed by atoms with Gasteiger partial charge in [0.2, 0.25) is 0 Å². The van der Waals surface area contributed by atoms with Gasteiger partial charge < -0.3 is 14.3 Å². The Bertz CT molecular complexity index is 1050. The summed E-state index contributed by atoms with van der Waals surface area (Å²) < 4.78 is 50.3. The summed E-state index contributed by atoms with van der Waals surface area (Å²) >= 11 is 0. The van der Waals surface area contributed by atoms with Crippen molar-refractivity contribution in [3.8, 4) is 17.1 Å². The van der Waals surface area contributed by atoms with Crippen LogP contribution in [-0.4, -0.2) is 17.7 Å². The molecule has 1 aromatic heterocycles. The number of halogens is 3. The van der Waals surface area contributed by atoms with Gasteiger partial charge in [-0.2, -0.15) is 13.2 Å². The van der Waals surface area contributed by atoms with Gasteiger partial charge in [-0.3, -0.25) is 4.79 Å². The molecule has 0 unspecified atom stereocenters. The first kappa shape index (κ1) is 24.4. The van der Waals surface area contributed by atoms with Gasteiger partial charge in [0.15, 0.2) is 0 Å². The van der Waals surface area contributed by atoms with Gasteiger partial charge in [-0.25, -0.2) is 0 Å². The summed E-state index contributed by atoms with van der Waals surface area (Å²) in [4.78, 5) is 10.9. The molecule has 1 N–H and O–H groups in total. The third-order valence-electron chi connectivity index (χ3n) is 5.26. The second-order valence-electron chi connectivity index (χ2n) is 7.91. The van der Waals surface area contributed by atoms with Crippen molar-refractivity contribution >= 4 is 5.97 Å². The van der Waals surface area contributed by atoms with Gasteiger partial charge in [0.05, 0.1) is 18.6 Å². The Balaban J connectivity index is 1.64. The predicted octanol–water partition coefficient (Wildman–Crippen LogP) is 6.95. The standard InChI is InChI=1S/C26H27F3O4/c1-2-3-9-23-20(7-5-14-32-22-8-4-6-18(15-22)16-25(30)31)17-24(33-23)19-10-12-21(13-11-19)26(27,28)29/h4,6,8,10-13,15,17H,2-3,5,7,9,14,16H2,1H3,(H,30,31). The lowest BCUT2D eigenvalue weighted by Gasteiger charge is -2.07. The molecule has 0 saturated heterocycles. The molecular weight excluding hydrogens is 433 g/mol. The fraction of sp³-hybridized carbons (Fsp3) is 0.346. The van der Waals surface area contributed by atoms with Crippen molar-refractivity contribution in [3.63, 3.8) is 0 Å². The van der Waals surface area contributed by atoms with Gasteiger partial charge in [-0.05, 0) is 60.7 Å². The zero-order valence-corrected chi connectivity index (χ0v) is 18.5. The fourth-order valence-electron chi connectivity index (χ4n) is 3.57. The molecular formula is C26H27F3O4. The van der Waals surface area contributed by atoms with Crippen molar-refractivity contribution in [2.24, 2.45) is 0 Å². The number of ether oxygens (including phenoxy) is 1. The highest BCUT2D eigenvalue weighted by molar-refractivity contribution is 5.70. The molecule has 33 heavy (non-hydrogen) atoms. The van der Waals surface area contributed by atoms with Crippen LogP contribution in [-0.2, 0) is 30.2 Å². The summed E-state index contributed by atoms with van der Waals surface area (Å²) in [5.74, 6) is 1.15. The number of benzene rings is 2. The van der Waals surface area contributed by atoms with Gasteiger partial charge in [0.25, 0.3) is 0 Å². The van der Waals surface area contributed by atoms with Crippen molar-refractivity contribution in [3.05, 3.63) is 77.0 Å². The molecule has 1 heterocycles. The van der Waals surface area contributed by atoms with Crippen LogP contribution in [0.15, 0.2) is 59.0 Å². The van der Waals surface area contributed by atoms with Crippen LogP contribution in [0, 0.1) is 0 Å². The number of aryl methyl sites for hydroxylation is 2. The number of carbonyl (C=O) groups is 1. The highest BCUT2D eigenvalue weighted by atomic mass is 19.4. The molecule has 0 amide bonds. The molecule has 176 valence electrons. The zero-order valence-electron chi connectivity index (χ0n) is 18.5. The van der Waals surface area contributed by atoms with E-state index in [-0.39, 0.29) is 6.42 Å². The predicted molar refractivity (Wildman–Crippen MR) is 119 cm³/mol. The monoisotopic (exact) mass is 460 g/mol. The molecule has 0 bridgehead atoms. The molecule has 0 radical (unpaired) electrons. The van der Waals surface area contributed by atoms with Crippen LogP contribution in [0.25, 0.3) is 11.3 Å². The van der Waals surface area contributed by atoms with Crippen LogP contribution < -0.4 is 4.74 Å². The molecule has 0 atom stereocenters. The quantitative estimate of drug-likeness (QED) is 0.315. The molecule has 0 aliphatic carbocycles. The Kier molecular flexibility index (Phi) is 8.20. The van der Waals surface area contributed by atoms with Gasteiger partial charge in [0, 0.05) is 12.0 Å². The van der Waals surface area contributed by atoms with E-state index < -0.39 is 17.7 Å².